The van der Waals surface area contributed by atoms with Gasteiger partial charge in [-0.3, -0.25) is 4.79 Å². The van der Waals surface area contributed by atoms with E-state index in [1.54, 1.807) is 7.11 Å². The van der Waals surface area contributed by atoms with Gasteiger partial charge >= 0.3 is 0 Å². The van der Waals surface area contributed by atoms with Crippen LogP contribution in [0.4, 0.5) is 0 Å². The summed E-state index contributed by atoms with van der Waals surface area (Å²) in [6.07, 6.45) is 10.3. The molecule has 0 heterocycles. The summed E-state index contributed by atoms with van der Waals surface area (Å²) in [4.78, 5) is 11.9. The van der Waals surface area contributed by atoms with Crippen LogP contribution in [0.3, 0.4) is 0 Å². The monoisotopic (exact) mass is 317 g/mol. The number of carbonyl (C=O) groups excluding carboxylic acids is 1. The number of hydrogen-bond donors (Lipinski definition) is 1. The topological polar surface area (TPSA) is 47.6 Å². The second kappa shape index (κ2) is 9.23. The number of nitrogens with one attached hydrogen (secondary N) is 1. The normalized spacial score (nSPS) is 15.6. The molecule has 0 spiro atoms. The van der Waals surface area contributed by atoms with E-state index in [0.29, 0.717) is 17.4 Å². The van der Waals surface area contributed by atoms with Crippen LogP contribution in [0.15, 0.2) is 24.3 Å². The lowest BCUT2D eigenvalue weighted by Crippen LogP contribution is -2.33. The summed E-state index contributed by atoms with van der Waals surface area (Å²) >= 11 is 0. The Hall–Kier alpha value is -1.97. The molecule has 0 aliphatic heterocycles. The molecule has 0 radical (unpaired) electrons. The van der Waals surface area contributed by atoms with Crippen LogP contribution in [0, 0.1) is 5.92 Å². The third kappa shape index (κ3) is 5.62. The third-order valence-electron chi connectivity index (χ3n) is 4.22. The molecule has 1 saturated carbocycles. The summed E-state index contributed by atoms with van der Waals surface area (Å²) in [5, 5.41) is 2.98. The molecule has 1 aliphatic rings. The highest BCUT2D eigenvalue weighted by Crippen LogP contribution is 2.28. The van der Waals surface area contributed by atoms with Crippen molar-refractivity contribution in [3.63, 3.8) is 0 Å². The van der Waals surface area contributed by atoms with Gasteiger partial charge in [0.15, 0.2) is 18.1 Å². The summed E-state index contributed by atoms with van der Waals surface area (Å²) in [6, 6.07) is 5.68. The molecule has 23 heavy (non-hydrogen) atoms. The Kier molecular flexibility index (Phi) is 6.98. The van der Waals surface area contributed by atoms with Crippen LogP contribution < -0.4 is 14.8 Å². The van der Waals surface area contributed by atoms with Crippen molar-refractivity contribution in [1.29, 1.82) is 0 Å². The molecule has 4 heteroatoms. The fourth-order valence-electron chi connectivity index (χ4n) is 2.94. The highest BCUT2D eigenvalue weighted by atomic mass is 16.5. The molecule has 1 amide bonds. The number of carbonyl (C=O) groups is 1. The Morgan fingerprint density at radius 1 is 1.26 bits per heavy atom. The molecule has 0 saturated heterocycles. The van der Waals surface area contributed by atoms with Crippen LogP contribution in [0.2, 0.25) is 0 Å². The van der Waals surface area contributed by atoms with Crippen LogP contribution >= 0.6 is 0 Å². The van der Waals surface area contributed by atoms with E-state index in [9.17, 15) is 4.79 Å². The predicted molar refractivity (Wildman–Crippen MR) is 92.8 cm³/mol. The minimum Gasteiger partial charge on any atom is -0.493 e. The van der Waals surface area contributed by atoms with Crippen molar-refractivity contribution in [2.45, 2.75) is 39.0 Å². The highest BCUT2D eigenvalue weighted by Gasteiger charge is 2.14. The van der Waals surface area contributed by atoms with Crippen LogP contribution in [0.25, 0.3) is 6.08 Å². The lowest BCUT2D eigenvalue weighted by molar-refractivity contribution is -0.123. The summed E-state index contributed by atoms with van der Waals surface area (Å²) in [6.45, 7) is 2.75. The Bertz CT molecular complexity index is 533. The Morgan fingerprint density at radius 2 is 2.04 bits per heavy atom. The maximum atomic E-state index is 11.9. The average molecular weight is 317 g/mol. The SMILES string of the molecule is CC=Cc1ccc(OCC(=O)NCC2CCCCC2)c(OC)c1. The van der Waals surface area contributed by atoms with Gasteiger partial charge in [0.25, 0.3) is 5.91 Å². The third-order valence-corrected chi connectivity index (χ3v) is 4.22. The molecule has 2 rings (SSSR count). The van der Waals surface area contributed by atoms with Gasteiger partial charge in [-0.25, -0.2) is 0 Å². The maximum absolute atomic E-state index is 11.9. The smallest absolute Gasteiger partial charge is 0.257 e. The van der Waals surface area contributed by atoms with E-state index in [0.717, 1.165) is 12.1 Å². The molecule has 1 aromatic carbocycles. The maximum Gasteiger partial charge on any atom is 0.257 e. The molecule has 1 fully saturated rings. The Labute approximate surface area is 138 Å². The molecule has 0 atom stereocenters. The number of ether oxygens (including phenoxy) is 2. The average Bonchev–Trinajstić information content (AvgIpc) is 2.59. The van der Waals surface area contributed by atoms with E-state index >= 15 is 0 Å². The minimum absolute atomic E-state index is 0.0199. The van der Waals surface area contributed by atoms with Crippen LogP contribution in [-0.2, 0) is 4.79 Å². The summed E-state index contributed by atoms with van der Waals surface area (Å²) in [5.41, 5.74) is 1.04. The first-order valence-electron chi connectivity index (χ1n) is 8.43. The van der Waals surface area contributed by atoms with Gasteiger partial charge in [0.2, 0.25) is 0 Å². The van der Waals surface area contributed by atoms with Crippen molar-refractivity contribution < 1.29 is 14.3 Å². The van der Waals surface area contributed by atoms with Crippen molar-refractivity contribution in [2.24, 2.45) is 5.92 Å². The van der Waals surface area contributed by atoms with Crippen LogP contribution in [-0.4, -0.2) is 26.2 Å². The Balaban J connectivity index is 1.81. The van der Waals surface area contributed by atoms with Crippen molar-refractivity contribution in [1.82, 2.24) is 5.32 Å². The summed E-state index contributed by atoms with van der Waals surface area (Å²) < 4.78 is 10.9. The van der Waals surface area contributed by atoms with E-state index in [1.807, 2.05) is 37.3 Å². The van der Waals surface area contributed by atoms with E-state index in [1.165, 1.54) is 32.1 Å². The van der Waals surface area contributed by atoms with Crippen LogP contribution in [0.5, 0.6) is 11.5 Å². The van der Waals surface area contributed by atoms with E-state index in [2.05, 4.69) is 5.32 Å². The van der Waals surface area contributed by atoms with Gasteiger partial charge < -0.3 is 14.8 Å². The second-order valence-electron chi connectivity index (χ2n) is 6.01. The van der Waals surface area contributed by atoms with Crippen molar-refractivity contribution in [3.05, 3.63) is 29.8 Å². The first-order valence-corrected chi connectivity index (χ1v) is 8.43. The summed E-state index contributed by atoms with van der Waals surface area (Å²) in [7, 11) is 1.60. The quantitative estimate of drug-likeness (QED) is 0.832. The van der Waals surface area contributed by atoms with Crippen molar-refractivity contribution >= 4 is 12.0 Å². The molecular weight excluding hydrogens is 290 g/mol. The molecule has 1 aromatic rings. The first kappa shape index (κ1) is 17.4. The number of benzene rings is 1. The molecule has 126 valence electrons. The fourth-order valence-corrected chi connectivity index (χ4v) is 2.94. The second-order valence-corrected chi connectivity index (χ2v) is 6.01. The molecular formula is C19H27NO3. The number of rotatable bonds is 7. The van der Waals surface area contributed by atoms with E-state index in [4.69, 9.17) is 9.47 Å². The van der Waals surface area contributed by atoms with Crippen LogP contribution in [0.1, 0.15) is 44.6 Å². The summed E-state index contributed by atoms with van der Waals surface area (Å²) in [5.74, 6) is 1.78. The van der Waals surface area contributed by atoms with Gasteiger partial charge in [0.1, 0.15) is 0 Å². The number of amides is 1. The van der Waals surface area contributed by atoms with E-state index in [-0.39, 0.29) is 12.5 Å². The largest absolute Gasteiger partial charge is 0.493 e. The van der Waals surface area contributed by atoms with Gasteiger partial charge in [-0.2, -0.15) is 0 Å². The molecule has 1 aliphatic carbocycles. The van der Waals surface area contributed by atoms with Crippen molar-refractivity contribution in [2.75, 3.05) is 20.3 Å². The fraction of sp³-hybridized carbons (Fsp3) is 0.526. The van der Waals surface area contributed by atoms with Gasteiger partial charge in [-0.05, 0) is 43.4 Å². The molecule has 0 unspecified atom stereocenters. The lowest BCUT2D eigenvalue weighted by atomic mass is 9.89. The van der Waals surface area contributed by atoms with Crippen molar-refractivity contribution in [3.8, 4) is 11.5 Å². The standard InChI is InChI=1S/C19H27NO3/c1-3-7-15-10-11-17(18(12-15)22-2)23-14-19(21)20-13-16-8-5-4-6-9-16/h3,7,10-12,16H,4-6,8-9,13-14H2,1-2H3,(H,20,21). The number of methoxy groups -OCH3 is 1. The zero-order valence-electron chi connectivity index (χ0n) is 14.1. The zero-order chi connectivity index (χ0) is 16.5. The highest BCUT2D eigenvalue weighted by molar-refractivity contribution is 5.77. The predicted octanol–water partition coefficient (Wildman–Crippen LogP) is 3.80. The minimum atomic E-state index is -0.0739. The van der Waals surface area contributed by atoms with Gasteiger partial charge in [-0.1, -0.05) is 37.5 Å². The van der Waals surface area contributed by atoms with E-state index < -0.39 is 0 Å². The number of hydrogen-bond acceptors (Lipinski definition) is 3. The van der Waals surface area contributed by atoms with Gasteiger partial charge in [-0.15, -0.1) is 0 Å². The Morgan fingerprint density at radius 3 is 2.74 bits per heavy atom. The molecule has 0 bridgehead atoms. The molecule has 0 aromatic heterocycles. The molecule has 4 nitrogen and oxygen atoms in total. The van der Waals surface area contributed by atoms with Gasteiger partial charge in [0.05, 0.1) is 7.11 Å². The lowest BCUT2D eigenvalue weighted by Gasteiger charge is -2.21. The first-order chi connectivity index (χ1) is 11.2. The zero-order valence-corrected chi connectivity index (χ0v) is 14.1. The molecule has 1 N–H and O–H groups in total. The van der Waals surface area contributed by atoms with Gasteiger partial charge in [0, 0.05) is 6.54 Å². The number of allylic oxidation sites excluding steroid dienone is 1.